The molecule has 0 aliphatic rings. The van der Waals surface area contributed by atoms with Crippen molar-refractivity contribution in [3.8, 4) is 5.75 Å². The first-order valence-electron chi connectivity index (χ1n) is 12.1. The van der Waals surface area contributed by atoms with Gasteiger partial charge in [0.05, 0.1) is 5.56 Å². The number of carboxylic acids is 1. The van der Waals surface area contributed by atoms with E-state index in [9.17, 15) is 9.90 Å². The Kier molecular flexibility index (Phi) is 10.8. The van der Waals surface area contributed by atoms with Crippen molar-refractivity contribution in [1.29, 1.82) is 0 Å². The van der Waals surface area contributed by atoms with Crippen LogP contribution in [0.25, 0.3) is 0 Å². The van der Waals surface area contributed by atoms with Gasteiger partial charge in [0, 0.05) is 23.6 Å². The van der Waals surface area contributed by atoms with Gasteiger partial charge in [-0.2, -0.15) is 0 Å². The standard InChI is InChI=1S/C22H20O3.C8H19N/c1-16(18-10-6-3-7-11-18)20-14-19(22(23)24)12-13-21(20)25-15-17-8-4-2-5-9-17;1-6-9(7(2)3)8(4)5/h2-14,16H,15H2,1H3,(H,23,24);7-8H,6H2,1-5H3/t16-;/m1./s1. The summed E-state index contributed by atoms with van der Waals surface area (Å²) in [5.41, 5.74) is 3.34. The molecule has 0 bridgehead atoms. The molecule has 0 saturated carbocycles. The third-order valence-electron chi connectivity index (χ3n) is 5.95. The Morgan fingerprint density at radius 3 is 1.88 bits per heavy atom. The van der Waals surface area contributed by atoms with Crippen molar-refractivity contribution in [2.75, 3.05) is 6.54 Å². The lowest BCUT2D eigenvalue weighted by Gasteiger charge is -2.28. The second kappa shape index (κ2) is 13.6. The van der Waals surface area contributed by atoms with Crippen molar-refractivity contribution in [1.82, 2.24) is 4.90 Å². The van der Waals surface area contributed by atoms with Crippen molar-refractivity contribution in [3.05, 3.63) is 101 Å². The first-order valence-corrected chi connectivity index (χ1v) is 12.1. The van der Waals surface area contributed by atoms with Crippen molar-refractivity contribution >= 4 is 5.97 Å². The van der Waals surface area contributed by atoms with Crippen molar-refractivity contribution < 1.29 is 14.6 Å². The van der Waals surface area contributed by atoms with E-state index in [0.717, 1.165) is 23.2 Å². The minimum absolute atomic E-state index is 0.0336. The zero-order valence-corrected chi connectivity index (χ0v) is 21.4. The van der Waals surface area contributed by atoms with Crippen molar-refractivity contribution in [2.24, 2.45) is 0 Å². The van der Waals surface area contributed by atoms with Gasteiger partial charge in [-0.25, -0.2) is 4.79 Å². The van der Waals surface area contributed by atoms with Gasteiger partial charge in [-0.15, -0.1) is 0 Å². The average molecular weight is 462 g/mol. The van der Waals surface area contributed by atoms with E-state index in [0.29, 0.717) is 24.4 Å². The molecule has 0 unspecified atom stereocenters. The quantitative estimate of drug-likeness (QED) is 0.365. The molecule has 0 aliphatic heterocycles. The van der Waals surface area contributed by atoms with Gasteiger partial charge in [0.2, 0.25) is 0 Å². The highest BCUT2D eigenvalue weighted by Gasteiger charge is 2.17. The van der Waals surface area contributed by atoms with E-state index in [1.54, 1.807) is 18.2 Å². The summed E-state index contributed by atoms with van der Waals surface area (Å²) in [6, 6.07) is 26.4. The molecule has 0 aliphatic carbocycles. The van der Waals surface area contributed by atoms with Crippen LogP contribution in [-0.2, 0) is 6.61 Å². The molecule has 0 radical (unpaired) electrons. The molecule has 0 spiro atoms. The van der Waals surface area contributed by atoms with Crippen LogP contribution in [0.2, 0.25) is 0 Å². The molecule has 3 aromatic carbocycles. The molecule has 1 atom stereocenters. The van der Waals surface area contributed by atoms with Crippen molar-refractivity contribution in [3.63, 3.8) is 0 Å². The number of aromatic carboxylic acids is 1. The highest BCUT2D eigenvalue weighted by Crippen LogP contribution is 2.33. The number of ether oxygens (including phenoxy) is 1. The highest BCUT2D eigenvalue weighted by molar-refractivity contribution is 5.88. The lowest BCUT2D eigenvalue weighted by atomic mass is 9.91. The van der Waals surface area contributed by atoms with Gasteiger partial charge in [0.25, 0.3) is 0 Å². The number of rotatable bonds is 9. The van der Waals surface area contributed by atoms with E-state index < -0.39 is 5.97 Å². The first kappa shape index (κ1) is 27.1. The first-order chi connectivity index (χ1) is 16.2. The monoisotopic (exact) mass is 461 g/mol. The Bertz CT molecular complexity index is 992. The fraction of sp³-hybridized carbons (Fsp3) is 0.367. The van der Waals surface area contributed by atoms with Gasteiger partial charge >= 0.3 is 5.97 Å². The number of carbonyl (C=O) groups is 1. The highest BCUT2D eigenvalue weighted by atomic mass is 16.5. The SMILES string of the molecule is CCN(C(C)C)C(C)C.C[C@H](c1ccccc1)c1cc(C(=O)O)ccc1OCc1ccccc1. The fourth-order valence-corrected chi connectivity index (χ4v) is 4.13. The molecule has 4 nitrogen and oxygen atoms in total. The molecule has 0 fully saturated rings. The average Bonchev–Trinajstić information content (AvgIpc) is 2.83. The van der Waals surface area contributed by atoms with E-state index in [-0.39, 0.29) is 11.5 Å². The second-order valence-corrected chi connectivity index (χ2v) is 8.98. The Balaban J connectivity index is 0.000000387. The maximum Gasteiger partial charge on any atom is 0.335 e. The lowest BCUT2D eigenvalue weighted by Crippen LogP contribution is -2.36. The predicted molar refractivity (Wildman–Crippen MR) is 141 cm³/mol. The molecule has 0 saturated heterocycles. The van der Waals surface area contributed by atoms with Gasteiger partial charge in [0.1, 0.15) is 12.4 Å². The molecule has 0 heterocycles. The predicted octanol–water partition coefficient (Wildman–Crippen LogP) is 7.24. The number of nitrogens with zero attached hydrogens (tertiary/aromatic N) is 1. The summed E-state index contributed by atoms with van der Waals surface area (Å²) in [7, 11) is 0. The molecule has 34 heavy (non-hydrogen) atoms. The molecular formula is C30H39NO3. The molecule has 3 rings (SSSR count). The van der Waals surface area contributed by atoms with E-state index in [2.05, 4.69) is 46.4 Å². The summed E-state index contributed by atoms with van der Waals surface area (Å²) < 4.78 is 6.01. The minimum atomic E-state index is -0.934. The molecule has 3 aromatic rings. The summed E-state index contributed by atoms with van der Waals surface area (Å²) in [6.45, 7) is 14.8. The molecule has 0 amide bonds. The molecule has 4 heteroatoms. The third-order valence-corrected chi connectivity index (χ3v) is 5.95. The Labute approximate surface area is 205 Å². The number of hydrogen-bond acceptors (Lipinski definition) is 3. The van der Waals surface area contributed by atoms with E-state index in [4.69, 9.17) is 4.74 Å². The van der Waals surface area contributed by atoms with Crippen LogP contribution in [-0.4, -0.2) is 34.6 Å². The van der Waals surface area contributed by atoms with Crippen LogP contribution in [0.1, 0.15) is 74.5 Å². The second-order valence-electron chi connectivity index (χ2n) is 8.98. The summed E-state index contributed by atoms with van der Waals surface area (Å²) in [4.78, 5) is 13.8. The molecule has 182 valence electrons. The van der Waals surface area contributed by atoms with Gasteiger partial charge < -0.3 is 9.84 Å². The topological polar surface area (TPSA) is 49.8 Å². The molecular weight excluding hydrogens is 422 g/mol. The Morgan fingerprint density at radius 2 is 1.41 bits per heavy atom. The third kappa shape index (κ3) is 8.03. The molecule has 0 aromatic heterocycles. The summed E-state index contributed by atoms with van der Waals surface area (Å²) in [5, 5.41) is 9.32. The van der Waals surface area contributed by atoms with Gasteiger partial charge in [0.15, 0.2) is 0 Å². The largest absolute Gasteiger partial charge is 0.489 e. The zero-order chi connectivity index (χ0) is 25.1. The van der Waals surface area contributed by atoms with E-state index >= 15 is 0 Å². The summed E-state index contributed by atoms with van der Waals surface area (Å²) >= 11 is 0. The smallest absolute Gasteiger partial charge is 0.335 e. The Morgan fingerprint density at radius 1 is 0.853 bits per heavy atom. The van der Waals surface area contributed by atoms with Crippen LogP contribution in [0.5, 0.6) is 5.75 Å². The van der Waals surface area contributed by atoms with Crippen LogP contribution >= 0.6 is 0 Å². The van der Waals surface area contributed by atoms with Gasteiger partial charge in [-0.3, -0.25) is 4.90 Å². The summed E-state index contributed by atoms with van der Waals surface area (Å²) in [6.07, 6.45) is 0. The van der Waals surface area contributed by atoms with Crippen LogP contribution in [0, 0.1) is 0 Å². The van der Waals surface area contributed by atoms with Crippen molar-refractivity contribution in [2.45, 2.75) is 66.2 Å². The maximum absolute atomic E-state index is 11.4. The van der Waals surface area contributed by atoms with Crippen LogP contribution in [0.4, 0.5) is 0 Å². The normalized spacial score (nSPS) is 11.8. The maximum atomic E-state index is 11.4. The van der Waals surface area contributed by atoms with Gasteiger partial charge in [-0.05, 0) is 63.6 Å². The van der Waals surface area contributed by atoms with E-state index in [1.165, 1.54) is 0 Å². The summed E-state index contributed by atoms with van der Waals surface area (Å²) in [5.74, 6) is -0.187. The van der Waals surface area contributed by atoms with Crippen LogP contribution in [0.15, 0.2) is 78.9 Å². The number of benzene rings is 3. The molecule has 1 N–H and O–H groups in total. The number of carboxylic acid groups (broad SMARTS) is 1. The van der Waals surface area contributed by atoms with E-state index in [1.807, 2.05) is 60.7 Å². The number of hydrogen-bond donors (Lipinski definition) is 1. The van der Waals surface area contributed by atoms with Gasteiger partial charge in [-0.1, -0.05) is 74.5 Å². The minimum Gasteiger partial charge on any atom is -0.489 e. The van der Waals surface area contributed by atoms with Crippen LogP contribution in [0.3, 0.4) is 0 Å². The fourth-order valence-electron chi connectivity index (χ4n) is 4.13. The zero-order valence-electron chi connectivity index (χ0n) is 21.4. The lowest BCUT2D eigenvalue weighted by molar-refractivity contribution is 0.0696. The van der Waals surface area contributed by atoms with Crippen LogP contribution < -0.4 is 4.74 Å². The Hall–Kier alpha value is -3.11.